The van der Waals surface area contributed by atoms with Crippen molar-refractivity contribution in [3.05, 3.63) is 107 Å². The van der Waals surface area contributed by atoms with Crippen LogP contribution in [0.5, 0.6) is 0 Å². The summed E-state index contributed by atoms with van der Waals surface area (Å²) in [6.07, 6.45) is 0. The van der Waals surface area contributed by atoms with Crippen molar-refractivity contribution in [3.8, 4) is 0 Å². The SMILES string of the molecule is Cc1ccc(C(=O)N2CC(C(=O)NCc3ccccc3)C(c3cccc(F)c3)C2)cc1. The van der Waals surface area contributed by atoms with Crippen molar-refractivity contribution in [1.82, 2.24) is 10.2 Å². The van der Waals surface area contributed by atoms with Crippen molar-refractivity contribution in [1.29, 1.82) is 0 Å². The van der Waals surface area contributed by atoms with E-state index in [1.807, 2.05) is 55.5 Å². The van der Waals surface area contributed by atoms with Gasteiger partial charge in [-0.15, -0.1) is 0 Å². The summed E-state index contributed by atoms with van der Waals surface area (Å²) in [7, 11) is 0. The maximum atomic E-state index is 13.9. The van der Waals surface area contributed by atoms with E-state index in [4.69, 9.17) is 0 Å². The first-order valence-corrected chi connectivity index (χ1v) is 10.4. The van der Waals surface area contributed by atoms with Gasteiger partial charge in [-0.2, -0.15) is 0 Å². The van der Waals surface area contributed by atoms with Crippen LogP contribution in [0.3, 0.4) is 0 Å². The van der Waals surface area contributed by atoms with E-state index in [1.165, 1.54) is 12.1 Å². The molecule has 2 atom stereocenters. The lowest BCUT2D eigenvalue weighted by Gasteiger charge is -2.18. The quantitative estimate of drug-likeness (QED) is 0.674. The molecule has 2 unspecified atom stereocenters. The number of nitrogens with zero attached hydrogens (tertiary/aromatic N) is 1. The highest BCUT2D eigenvalue weighted by Gasteiger charge is 2.40. The average molecular weight is 416 g/mol. The molecule has 2 amide bonds. The molecule has 0 aliphatic carbocycles. The van der Waals surface area contributed by atoms with Gasteiger partial charge in [0.05, 0.1) is 5.92 Å². The lowest BCUT2D eigenvalue weighted by atomic mass is 9.88. The van der Waals surface area contributed by atoms with E-state index in [1.54, 1.807) is 23.1 Å². The highest BCUT2D eigenvalue weighted by Crippen LogP contribution is 2.34. The van der Waals surface area contributed by atoms with Crippen LogP contribution in [-0.4, -0.2) is 29.8 Å². The minimum absolute atomic E-state index is 0.111. The molecule has 4 rings (SSSR count). The third kappa shape index (κ3) is 4.82. The van der Waals surface area contributed by atoms with Gasteiger partial charge >= 0.3 is 0 Å². The zero-order chi connectivity index (χ0) is 21.8. The van der Waals surface area contributed by atoms with Crippen molar-refractivity contribution < 1.29 is 14.0 Å². The Morgan fingerprint density at radius 1 is 0.968 bits per heavy atom. The minimum Gasteiger partial charge on any atom is -0.352 e. The Kier molecular flexibility index (Phi) is 6.12. The predicted octanol–water partition coefficient (Wildman–Crippen LogP) is 4.31. The maximum absolute atomic E-state index is 13.9. The second-order valence-electron chi connectivity index (χ2n) is 8.05. The first-order chi connectivity index (χ1) is 15.0. The van der Waals surface area contributed by atoms with E-state index in [9.17, 15) is 14.0 Å². The maximum Gasteiger partial charge on any atom is 0.253 e. The first kappa shape index (κ1) is 20.8. The van der Waals surface area contributed by atoms with Crippen LogP contribution in [0.15, 0.2) is 78.9 Å². The molecule has 4 nitrogen and oxygen atoms in total. The Labute approximate surface area is 181 Å². The van der Waals surface area contributed by atoms with Crippen LogP contribution in [0.1, 0.15) is 33.0 Å². The lowest BCUT2D eigenvalue weighted by Crippen LogP contribution is -2.35. The molecular formula is C26H25FN2O2. The largest absolute Gasteiger partial charge is 0.352 e. The van der Waals surface area contributed by atoms with Crippen LogP contribution < -0.4 is 5.32 Å². The number of nitrogens with one attached hydrogen (secondary N) is 1. The normalized spacial score (nSPS) is 18.1. The Balaban J connectivity index is 1.55. The molecule has 0 aromatic heterocycles. The number of benzene rings is 3. The number of likely N-dealkylation sites (tertiary alicyclic amines) is 1. The molecule has 31 heavy (non-hydrogen) atoms. The second-order valence-corrected chi connectivity index (χ2v) is 8.05. The van der Waals surface area contributed by atoms with Gasteiger partial charge in [0.2, 0.25) is 5.91 Å². The fourth-order valence-corrected chi connectivity index (χ4v) is 4.11. The Bertz CT molecular complexity index is 1070. The Hall–Kier alpha value is -3.47. The van der Waals surface area contributed by atoms with Crippen LogP contribution in [-0.2, 0) is 11.3 Å². The number of halogens is 1. The second kappa shape index (κ2) is 9.13. The summed E-state index contributed by atoms with van der Waals surface area (Å²) in [5.74, 6) is -1.29. The van der Waals surface area contributed by atoms with Gasteiger partial charge < -0.3 is 10.2 Å². The van der Waals surface area contributed by atoms with E-state index < -0.39 is 5.92 Å². The minimum atomic E-state index is -0.445. The molecule has 1 saturated heterocycles. The fraction of sp³-hybridized carbons (Fsp3) is 0.231. The van der Waals surface area contributed by atoms with Gasteiger partial charge in [0.15, 0.2) is 0 Å². The molecule has 0 spiro atoms. The average Bonchev–Trinajstić information content (AvgIpc) is 3.24. The molecule has 0 radical (unpaired) electrons. The summed E-state index contributed by atoms with van der Waals surface area (Å²) in [6.45, 7) is 3.06. The van der Waals surface area contributed by atoms with Gasteiger partial charge in [-0.1, -0.05) is 60.2 Å². The first-order valence-electron chi connectivity index (χ1n) is 10.4. The molecule has 158 valence electrons. The van der Waals surface area contributed by atoms with Gasteiger partial charge in [0, 0.05) is 31.1 Å². The third-order valence-electron chi connectivity index (χ3n) is 5.83. The lowest BCUT2D eigenvalue weighted by molar-refractivity contribution is -0.125. The zero-order valence-corrected chi connectivity index (χ0v) is 17.4. The van der Waals surface area contributed by atoms with Crippen molar-refractivity contribution in [3.63, 3.8) is 0 Å². The molecule has 1 fully saturated rings. The van der Waals surface area contributed by atoms with Gasteiger partial charge in [0.25, 0.3) is 5.91 Å². The van der Waals surface area contributed by atoms with Gasteiger partial charge in [-0.25, -0.2) is 4.39 Å². The molecule has 5 heteroatoms. The van der Waals surface area contributed by atoms with E-state index in [2.05, 4.69) is 5.32 Å². The molecule has 1 aliphatic heterocycles. The monoisotopic (exact) mass is 416 g/mol. The predicted molar refractivity (Wildman–Crippen MR) is 118 cm³/mol. The van der Waals surface area contributed by atoms with Crippen LogP contribution in [0.25, 0.3) is 0 Å². The topological polar surface area (TPSA) is 49.4 Å². The number of hydrogen-bond donors (Lipinski definition) is 1. The van der Waals surface area contributed by atoms with Gasteiger partial charge in [-0.3, -0.25) is 9.59 Å². The molecule has 3 aromatic carbocycles. The fourth-order valence-electron chi connectivity index (χ4n) is 4.11. The van der Waals surface area contributed by atoms with Crippen molar-refractivity contribution >= 4 is 11.8 Å². The summed E-state index contributed by atoms with van der Waals surface area (Å²) in [5, 5.41) is 2.99. The summed E-state index contributed by atoms with van der Waals surface area (Å²) < 4.78 is 13.9. The number of carbonyl (C=O) groups excluding carboxylic acids is 2. The van der Waals surface area contributed by atoms with Crippen LogP contribution in [0, 0.1) is 18.7 Å². The van der Waals surface area contributed by atoms with Crippen LogP contribution >= 0.6 is 0 Å². The molecule has 1 heterocycles. The number of carbonyl (C=O) groups is 2. The van der Waals surface area contributed by atoms with Crippen molar-refractivity contribution in [2.24, 2.45) is 5.92 Å². The molecule has 3 aromatic rings. The van der Waals surface area contributed by atoms with Gasteiger partial charge in [-0.05, 0) is 42.3 Å². The third-order valence-corrected chi connectivity index (χ3v) is 5.83. The van der Waals surface area contributed by atoms with E-state index in [0.29, 0.717) is 25.2 Å². The van der Waals surface area contributed by atoms with E-state index in [0.717, 1.165) is 16.7 Å². The summed E-state index contributed by atoms with van der Waals surface area (Å²) in [4.78, 5) is 27.9. The highest BCUT2D eigenvalue weighted by atomic mass is 19.1. The van der Waals surface area contributed by atoms with Gasteiger partial charge in [0.1, 0.15) is 5.82 Å². The van der Waals surface area contributed by atoms with Crippen molar-refractivity contribution in [2.45, 2.75) is 19.4 Å². The number of amides is 2. The zero-order valence-electron chi connectivity index (χ0n) is 17.4. The molecule has 0 bridgehead atoms. The summed E-state index contributed by atoms with van der Waals surface area (Å²) in [6, 6.07) is 23.4. The van der Waals surface area contributed by atoms with Crippen LogP contribution in [0.4, 0.5) is 4.39 Å². The molecule has 0 saturated carbocycles. The number of aryl methyl sites for hydroxylation is 1. The number of hydrogen-bond acceptors (Lipinski definition) is 2. The molecule has 1 aliphatic rings. The molecule has 1 N–H and O–H groups in total. The van der Waals surface area contributed by atoms with E-state index >= 15 is 0 Å². The molecular weight excluding hydrogens is 391 g/mol. The highest BCUT2D eigenvalue weighted by molar-refractivity contribution is 5.95. The Morgan fingerprint density at radius 2 is 1.71 bits per heavy atom. The van der Waals surface area contributed by atoms with Crippen LogP contribution in [0.2, 0.25) is 0 Å². The summed E-state index contributed by atoms with van der Waals surface area (Å²) >= 11 is 0. The smallest absolute Gasteiger partial charge is 0.253 e. The standard InChI is InChI=1S/C26H25FN2O2/c1-18-10-12-20(13-11-18)26(31)29-16-23(21-8-5-9-22(27)14-21)24(17-29)25(30)28-15-19-6-3-2-4-7-19/h2-14,23-24H,15-17H2,1H3,(H,28,30). The summed E-state index contributed by atoms with van der Waals surface area (Å²) in [5.41, 5.74) is 3.41. The number of rotatable bonds is 5. The van der Waals surface area contributed by atoms with E-state index in [-0.39, 0.29) is 23.5 Å². The van der Waals surface area contributed by atoms with Crippen molar-refractivity contribution in [2.75, 3.05) is 13.1 Å². The Morgan fingerprint density at radius 3 is 2.42 bits per heavy atom.